The molecule has 0 fully saturated rings. The first-order valence-electron chi connectivity index (χ1n) is 4.59. The first kappa shape index (κ1) is 11.8. The fourth-order valence-corrected chi connectivity index (χ4v) is 3.63. The van der Waals surface area contributed by atoms with Gasteiger partial charge in [-0.1, -0.05) is 0 Å². The number of ketones is 1. The molecule has 0 aliphatic rings. The molecule has 2 aromatic rings. The molecule has 5 heteroatoms. The molecule has 0 saturated heterocycles. The maximum Gasteiger partial charge on any atom is 0.181 e. The number of carbonyl (C=O) groups excluding carboxylic acids is 1. The van der Waals surface area contributed by atoms with Gasteiger partial charge in [-0.2, -0.15) is 0 Å². The summed E-state index contributed by atoms with van der Waals surface area (Å²) in [4.78, 5) is 13.7. The summed E-state index contributed by atoms with van der Waals surface area (Å²) in [6.07, 6.45) is 0.438. The summed E-state index contributed by atoms with van der Waals surface area (Å²) in [5.74, 6) is 0.784. The number of hydrogen-bond acceptors (Lipinski definition) is 4. The first-order chi connectivity index (χ1) is 7.70. The second kappa shape index (κ2) is 5.12. The summed E-state index contributed by atoms with van der Waals surface area (Å²) >= 11 is 6.40. The standard InChI is InChI=1S/C11H9BrO2S2/c1-14-9-4-5-15-11(9)8(13)6-7-2-3-10(12)16-7/h2-5H,6H2,1H3. The van der Waals surface area contributed by atoms with E-state index in [2.05, 4.69) is 15.9 Å². The topological polar surface area (TPSA) is 26.3 Å². The molecule has 16 heavy (non-hydrogen) atoms. The van der Waals surface area contributed by atoms with Gasteiger partial charge in [-0.25, -0.2) is 0 Å². The smallest absolute Gasteiger partial charge is 0.181 e. The molecule has 0 spiro atoms. The zero-order chi connectivity index (χ0) is 11.5. The van der Waals surface area contributed by atoms with Gasteiger partial charge in [-0.15, -0.1) is 22.7 Å². The summed E-state index contributed by atoms with van der Waals surface area (Å²) in [6.45, 7) is 0. The number of Topliss-reactive ketones (excluding diaryl/α,β-unsaturated/α-hetero) is 1. The van der Waals surface area contributed by atoms with Gasteiger partial charge in [0.05, 0.1) is 10.9 Å². The van der Waals surface area contributed by atoms with Crippen LogP contribution in [0.25, 0.3) is 0 Å². The predicted molar refractivity (Wildman–Crippen MR) is 70.9 cm³/mol. The molecule has 0 N–H and O–H groups in total. The fraction of sp³-hybridized carbons (Fsp3) is 0.182. The molecule has 0 bridgehead atoms. The third kappa shape index (κ3) is 2.53. The molecule has 0 amide bonds. The lowest BCUT2D eigenvalue weighted by Crippen LogP contribution is -2.01. The second-order valence-corrected chi connectivity index (χ2v) is 6.59. The minimum atomic E-state index is 0.112. The van der Waals surface area contributed by atoms with E-state index in [9.17, 15) is 4.79 Å². The Balaban J connectivity index is 2.14. The highest BCUT2D eigenvalue weighted by atomic mass is 79.9. The lowest BCUT2D eigenvalue weighted by atomic mass is 10.2. The summed E-state index contributed by atoms with van der Waals surface area (Å²) in [6, 6.07) is 5.74. The number of halogens is 1. The van der Waals surface area contributed by atoms with E-state index in [0.717, 1.165) is 8.66 Å². The van der Waals surface area contributed by atoms with Crippen LogP contribution in [0.3, 0.4) is 0 Å². The van der Waals surface area contributed by atoms with Crippen LogP contribution in [0.2, 0.25) is 0 Å². The van der Waals surface area contributed by atoms with Crippen molar-refractivity contribution in [1.82, 2.24) is 0 Å². The molecular weight excluding hydrogens is 308 g/mol. The Hall–Kier alpha value is -0.650. The molecule has 0 aliphatic carbocycles. The Morgan fingerprint density at radius 1 is 1.44 bits per heavy atom. The molecule has 84 valence electrons. The highest BCUT2D eigenvalue weighted by Crippen LogP contribution is 2.28. The van der Waals surface area contributed by atoms with Crippen molar-refractivity contribution < 1.29 is 9.53 Å². The van der Waals surface area contributed by atoms with Gasteiger partial charge in [0.25, 0.3) is 0 Å². The average Bonchev–Trinajstić information content (AvgIpc) is 2.86. The molecule has 2 heterocycles. The first-order valence-corrected chi connectivity index (χ1v) is 7.08. The molecular formula is C11H9BrO2S2. The van der Waals surface area contributed by atoms with Crippen molar-refractivity contribution in [2.75, 3.05) is 7.11 Å². The van der Waals surface area contributed by atoms with Crippen molar-refractivity contribution in [3.05, 3.63) is 37.1 Å². The van der Waals surface area contributed by atoms with Crippen LogP contribution in [-0.4, -0.2) is 12.9 Å². The summed E-state index contributed by atoms with van der Waals surface area (Å²) < 4.78 is 6.18. The Bertz CT molecular complexity index is 502. The SMILES string of the molecule is COc1ccsc1C(=O)Cc1ccc(Br)s1. The Morgan fingerprint density at radius 2 is 2.25 bits per heavy atom. The van der Waals surface area contributed by atoms with Crippen LogP contribution in [-0.2, 0) is 6.42 Å². The largest absolute Gasteiger partial charge is 0.495 e. The van der Waals surface area contributed by atoms with Crippen molar-refractivity contribution in [2.24, 2.45) is 0 Å². The monoisotopic (exact) mass is 316 g/mol. The van der Waals surface area contributed by atoms with Gasteiger partial charge in [0.15, 0.2) is 5.78 Å². The fourth-order valence-electron chi connectivity index (χ4n) is 1.35. The van der Waals surface area contributed by atoms with Crippen molar-refractivity contribution in [1.29, 1.82) is 0 Å². The summed E-state index contributed by atoms with van der Waals surface area (Å²) in [7, 11) is 1.58. The minimum absolute atomic E-state index is 0.112. The van der Waals surface area contributed by atoms with E-state index in [0.29, 0.717) is 17.0 Å². The molecule has 0 aliphatic heterocycles. The van der Waals surface area contributed by atoms with Crippen LogP contribution in [0.1, 0.15) is 14.5 Å². The molecule has 2 aromatic heterocycles. The van der Waals surface area contributed by atoms with E-state index in [1.807, 2.05) is 23.6 Å². The Kier molecular flexibility index (Phi) is 3.78. The number of methoxy groups -OCH3 is 1. The van der Waals surface area contributed by atoms with Crippen LogP contribution in [0.15, 0.2) is 27.4 Å². The zero-order valence-electron chi connectivity index (χ0n) is 8.53. The van der Waals surface area contributed by atoms with E-state index in [-0.39, 0.29) is 5.78 Å². The maximum atomic E-state index is 12.0. The number of ether oxygens (including phenoxy) is 1. The van der Waals surface area contributed by atoms with Crippen LogP contribution < -0.4 is 4.74 Å². The van der Waals surface area contributed by atoms with Gasteiger partial charge in [0.2, 0.25) is 0 Å². The van der Waals surface area contributed by atoms with E-state index in [4.69, 9.17) is 4.74 Å². The highest BCUT2D eigenvalue weighted by molar-refractivity contribution is 9.11. The third-order valence-electron chi connectivity index (χ3n) is 2.07. The maximum absolute atomic E-state index is 12.0. The van der Waals surface area contributed by atoms with Gasteiger partial charge in [-0.05, 0) is 39.5 Å². The highest BCUT2D eigenvalue weighted by Gasteiger charge is 2.15. The summed E-state index contributed by atoms with van der Waals surface area (Å²) in [5.41, 5.74) is 0. The van der Waals surface area contributed by atoms with Crippen LogP contribution in [0.4, 0.5) is 0 Å². The summed E-state index contributed by atoms with van der Waals surface area (Å²) in [5, 5.41) is 1.87. The molecule has 0 unspecified atom stereocenters. The Labute approximate surface area is 110 Å². The minimum Gasteiger partial charge on any atom is -0.495 e. The quantitative estimate of drug-likeness (QED) is 0.797. The predicted octanol–water partition coefficient (Wildman–Crippen LogP) is 4.01. The number of hydrogen-bond donors (Lipinski definition) is 0. The van der Waals surface area contributed by atoms with E-state index >= 15 is 0 Å². The van der Waals surface area contributed by atoms with Crippen LogP contribution in [0, 0.1) is 0 Å². The number of rotatable bonds is 4. The van der Waals surface area contributed by atoms with Gasteiger partial charge < -0.3 is 4.74 Å². The third-order valence-corrected chi connectivity index (χ3v) is 4.63. The van der Waals surface area contributed by atoms with Gasteiger partial charge >= 0.3 is 0 Å². The van der Waals surface area contributed by atoms with Crippen LogP contribution >= 0.6 is 38.6 Å². The van der Waals surface area contributed by atoms with Gasteiger partial charge in [0.1, 0.15) is 10.6 Å². The molecule has 2 rings (SSSR count). The molecule has 2 nitrogen and oxygen atoms in total. The lowest BCUT2D eigenvalue weighted by molar-refractivity contribution is 0.0995. The van der Waals surface area contributed by atoms with E-state index in [1.165, 1.54) is 11.3 Å². The molecule has 0 saturated carbocycles. The number of thiophene rings is 2. The van der Waals surface area contributed by atoms with Gasteiger partial charge in [-0.3, -0.25) is 4.79 Å². The van der Waals surface area contributed by atoms with E-state index < -0.39 is 0 Å². The molecule has 0 aromatic carbocycles. The average molecular weight is 317 g/mol. The second-order valence-electron chi connectivity index (χ2n) is 3.12. The molecule has 0 radical (unpaired) electrons. The normalized spacial score (nSPS) is 10.4. The van der Waals surface area contributed by atoms with Crippen molar-refractivity contribution in [3.63, 3.8) is 0 Å². The molecule has 0 atom stereocenters. The van der Waals surface area contributed by atoms with Crippen molar-refractivity contribution in [2.45, 2.75) is 6.42 Å². The lowest BCUT2D eigenvalue weighted by Gasteiger charge is -2.00. The van der Waals surface area contributed by atoms with Crippen LogP contribution in [0.5, 0.6) is 5.75 Å². The van der Waals surface area contributed by atoms with Crippen molar-refractivity contribution >= 4 is 44.4 Å². The van der Waals surface area contributed by atoms with E-state index in [1.54, 1.807) is 18.4 Å². The van der Waals surface area contributed by atoms with Gasteiger partial charge in [0, 0.05) is 11.3 Å². The zero-order valence-corrected chi connectivity index (χ0v) is 11.7. The Morgan fingerprint density at radius 3 is 2.88 bits per heavy atom. The van der Waals surface area contributed by atoms with Crippen molar-refractivity contribution in [3.8, 4) is 5.75 Å². The number of carbonyl (C=O) groups is 1.